The highest BCUT2D eigenvalue weighted by Crippen LogP contribution is 2.10. The summed E-state index contributed by atoms with van der Waals surface area (Å²) in [5.41, 5.74) is 1.76. The first-order valence-electron chi connectivity index (χ1n) is 4.04. The summed E-state index contributed by atoms with van der Waals surface area (Å²) in [4.78, 5) is 11.6. The number of rotatable bonds is 1. The standard InChI is InChI=1S/C10H10N2O/c1-3-12-9-7-5-4-6-8(9)11(2)10(12)13/h3-7H,1H2,2H3. The molecule has 1 aromatic carbocycles. The van der Waals surface area contributed by atoms with Crippen molar-refractivity contribution in [3.8, 4) is 0 Å². The van der Waals surface area contributed by atoms with Gasteiger partial charge in [-0.1, -0.05) is 18.7 Å². The summed E-state index contributed by atoms with van der Waals surface area (Å²) >= 11 is 0. The Balaban J connectivity index is 3.07. The molecule has 0 aliphatic heterocycles. The molecule has 1 aromatic heterocycles. The van der Waals surface area contributed by atoms with Gasteiger partial charge in [-0.3, -0.25) is 9.13 Å². The molecule has 0 aliphatic rings. The first-order chi connectivity index (χ1) is 6.25. The van der Waals surface area contributed by atoms with Gasteiger partial charge in [-0.25, -0.2) is 4.79 Å². The van der Waals surface area contributed by atoms with Crippen LogP contribution >= 0.6 is 0 Å². The van der Waals surface area contributed by atoms with Gasteiger partial charge >= 0.3 is 5.69 Å². The van der Waals surface area contributed by atoms with Crippen molar-refractivity contribution in [2.45, 2.75) is 0 Å². The van der Waals surface area contributed by atoms with E-state index >= 15 is 0 Å². The third kappa shape index (κ3) is 0.935. The Morgan fingerprint density at radius 2 is 1.92 bits per heavy atom. The summed E-state index contributed by atoms with van der Waals surface area (Å²) in [6, 6.07) is 7.63. The monoisotopic (exact) mass is 174 g/mol. The van der Waals surface area contributed by atoms with Crippen LogP contribution in [0.2, 0.25) is 0 Å². The van der Waals surface area contributed by atoms with E-state index in [1.54, 1.807) is 11.6 Å². The van der Waals surface area contributed by atoms with E-state index in [0.717, 1.165) is 11.0 Å². The lowest BCUT2D eigenvalue weighted by molar-refractivity contribution is 0.862. The molecule has 0 fully saturated rings. The van der Waals surface area contributed by atoms with E-state index in [1.807, 2.05) is 24.3 Å². The van der Waals surface area contributed by atoms with Crippen LogP contribution in [0.15, 0.2) is 35.6 Å². The van der Waals surface area contributed by atoms with Gasteiger partial charge in [-0.2, -0.15) is 0 Å². The predicted octanol–water partition coefficient (Wildman–Crippen LogP) is 1.44. The van der Waals surface area contributed by atoms with Crippen molar-refractivity contribution in [3.63, 3.8) is 0 Å². The minimum atomic E-state index is -0.0591. The molecule has 3 heteroatoms. The maximum absolute atomic E-state index is 11.6. The average molecular weight is 174 g/mol. The number of aromatic nitrogens is 2. The van der Waals surface area contributed by atoms with Crippen molar-refractivity contribution in [1.82, 2.24) is 9.13 Å². The van der Waals surface area contributed by atoms with E-state index in [-0.39, 0.29) is 5.69 Å². The molecule has 0 saturated heterocycles. The van der Waals surface area contributed by atoms with Crippen LogP contribution in [0.1, 0.15) is 0 Å². The van der Waals surface area contributed by atoms with Crippen molar-refractivity contribution in [1.29, 1.82) is 0 Å². The van der Waals surface area contributed by atoms with Crippen LogP contribution in [-0.2, 0) is 7.05 Å². The lowest BCUT2D eigenvalue weighted by atomic mass is 10.3. The second-order valence-electron chi connectivity index (χ2n) is 2.88. The Morgan fingerprint density at radius 1 is 1.31 bits per heavy atom. The van der Waals surface area contributed by atoms with Gasteiger partial charge in [0.2, 0.25) is 0 Å². The fraction of sp³-hybridized carbons (Fsp3) is 0.100. The smallest absolute Gasteiger partial charge is 0.295 e. The molecule has 13 heavy (non-hydrogen) atoms. The third-order valence-electron chi connectivity index (χ3n) is 2.18. The molecule has 3 nitrogen and oxygen atoms in total. The Bertz CT molecular complexity index is 519. The molecule has 0 radical (unpaired) electrons. The molecule has 1 heterocycles. The molecule has 0 atom stereocenters. The van der Waals surface area contributed by atoms with Crippen LogP contribution in [0.5, 0.6) is 0 Å². The van der Waals surface area contributed by atoms with Crippen LogP contribution in [0.25, 0.3) is 17.2 Å². The van der Waals surface area contributed by atoms with Gasteiger partial charge in [-0.05, 0) is 12.1 Å². The maximum Gasteiger partial charge on any atom is 0.332 e. The maximum atomic E-state index is 11.6. The van der Waals surface area contributed by atoms with Crippen molar-refractivity contribution >= 4 is 17.2 Å². The summed E-state index contributed by atoms with van der Waals surface area (Å²) in [6.07, 6.45) is 1.53. The molecule has 0 unspecified atom stereocenters. The topological polar surface area (TPSA) is 26.9 Å². The van der Waals surface area contributed by atoms with Crippen molar-refractivity contribution in [2.75, 3.05) is 0 Å². The third-order valence-corrected chi connectivity index (χ3v) is 2.18. The molecule has 0 amide bonds. The Kier molecular flexibility index (Phi) is 1.59. The Hall–Kier alpha value is -1.77. The normalized spacial score (nSPS) is 10.5. The molecule has 2 aromatic rings. The highest BCUT2D eigenvalue weighted by atomic mass is 16.1. The minimum Gasteiger partial charge on any atom is -0.295 e. The van der Waals surface area contributed by atoms with E-state index < -0.39 is 0 Å². The van der Waals surface area contributed by atoms with Gasteiger partial charge < -0.3 is 0 Å². The number of hydrogen-bond donors (Lipinski definition) is 0. The van der Waals surface area contributed by atoms with E-state index in [2.05, 4.69) is 6.58 Å². The Morgan fingerprint density at radius 3 is 2.54 bits per heavy atom. The van der Waals surface area contributed by atoms with E-state index in [0.29, 0.717) is 0 Å². The lowest BCUT2D eigenvalue weighted by Crippen LogP contribution is -2.18. The number of nitrogens with zero attached hydrogens (tertiary/aromatic N) is 2. The Labute approximate surface area is 75.5 Å². The molecule has 0 aliphatic carbocycles. The van der Waals surface area contributed by atoms with E-state index in [9.17, 15) is 4.79 Å². The van der Waals surface area contributed by atoms with E-state index in [1.165, 1.54) is 10.8 Å². The molecular formula is C10H10N2O. The van der Waals surface area contributed by atoms with Gasteiger partial charge in [0.05, 0.1) is 11.0 Å². The van der Waals surface area contributed by atoms with Crippen LogP contribution < -0.4 is 5.69 Å². The van der Waals surface area contributed by atoms with Crippen molar-refractivity contribution < 1.29 is 0 Å². The van der Waals surface area contributed by atoms with Gasteiger partial charge in [0.25, 0.3) is 0 Å². The second-order valence-corrected chi connectivity index (χ2v) is 2.88. The minimum absolute atomic E-state index is 0.0591. The quantitative estimate of drug-likeness (QED) is 0.642. The molecular weight excluding hydrogens is 164 g/mol. The zero-order chi connectivity index (χ0) is 9.42. The molecule has 0 spiro atoms. The highest BCUT2D eigenvalue weighted by molar-refractivity contribution is 5.77. The highest BCUT2D eigenvalue weighted by Gasteiger charge is 2.05. The number of fused-ring (bicyclic) bond motifs is 1. The van der Waals surface area contributed by atoms with Crippen LogP contribution in [0.3, 0.4) is 0 Å². The molecule has 2 rings (SSSR count). The summed E-state index contributed by atoms with van der Waals surface area (Å²) < 4.78 is 3.15. The summed E-state index contributed by atoms with van der Waals surface area (Å²) in [7, 11) is 1.75. The second kappa shape index (κ2) is 2.62. The van der Waals surface area contributed by atoms with Crippen molar-refractivity contribution in [2.24, 2.45) is 7.05 Å². The molecule has 0 N–H and O–H groups in total. The number of hydrogen-bond acceptors (Lipinski definition) is 1. The van der Waals surface area contributed by atoms with Gasteiger partial charge in [-0.15, -0.1) is 0 Å². The largest absolute Gasteiger partial charge is 0.332 e. The predicted molar refractivity (Wildman–Crippen MR) is 53.6 cm³/mol. The molecule has 66 valence electrons. The SMILES string of the molecule is C=Cn1c(=O)n(C)c2ccccc21. The van der Waals surface area contributed by atoms with Crippen molar-refractivity contribution in [3.05, 3.63) is 41.3 Å². The van der Waals surface area contributed by atoms with Crippen LogP contribution in [0.4, 0.5) is 0 Å². The fourth-order valence-electron chi connectivity index (χ4n) is 1.50. The number of aryl methyl sites for hydroxylation is 1. The number of para-hydroxylation sites is 2. The van der Waals surface area contributed by atoms with E-state index in [4.69, 9.17) is 0 Å². The molecule has 0 saturated carbocycles. The first-order valence-corrected chi connectivity index (χ1v) is 4.04. The number of benzene rings is 1. The number of imidazole rings is 1. The average Bonchev–Trinajstić information content (AvgIpc) is 2.41. The van der Waals surface area contributed by atoms with Gasteiger partial charge in [0.1, 0.15) is 0 Å². The lowest BCUT2D eigenvalue weighted by Gasteiger charge is -1.91. The summed E-state index contributed by atoms with van der Waals surface area (Å²) in [6.45, 7) is 3.60. The van der Waals surface area contributed by atoms with Crippen LogP contribution in [0, 0.1) is 0 Å². The first kappa shape index (κ1) is 7.86. The zero-order valence-electron chi connectivity index (χ0n) is 7.40. The van der Waals surface area contributed by atoms with Crippen LogP contribution in [-0.4, -0.2) is 9.13 Å². The summed E-state index contributed by atoms with van der Waals surface area (Å²) in [5, 5.41) is 0. The summed E-state index contributed by atoms with van der Waals surface area (Å²) in [5.74, 6) is 0. The van der Waals surface area contributed by atoms with Gasteiger partial charge in [0.15, 0.2) is 0 Å². The molecule has 0 bridgehead atoms. The fourth-order valence-corrected chi connectivity index (χ4v) is 1.50. The zero-order valence-corrected chi connectivity index (χ0v) is 7.40. The van der Waals surface area contributed by atoms with Gasteiger partial charge in [0, 0.05) is 13.2 Å².